The molecular formula is C9H16ClN. The Kier molecular flexibility index (Phi) is 3.95. The monoisotopic (exact) mass is 173 g/mol. The Morgan fingerprint density at radius 1 is 1.55 bits per heavy atom. The Morgan fingerprint density at radius 2 is 2.36 bits per heavy atom. The van der Waals surface area contributed by atoms with Gasteiger partial charge in [-0.15, -0.1) is 11.6 Å². The Balaban J connectivity index is 2.20. The average molecular weight is 174 g/mol. The van der Waals surface area contributed by atoms with Crippen LogP contribution >= 0.6 is 11.6 Å². The van der Waals surface area contributed by atoms with E-state index in [0.717, 1.165) is 12.6 Å². The summed E-state index contributed by atoms with van der Waals surface area (Å²) in [6.07, 6.45) is 6.89. The van der Waals surface area contributed by atoms with Crippen LogP contribution in [0.5, 0.6) is 0 Å². The minimum Gasteiger partial charge on any atom is -0.297 e. The van der Waals surface area contributed by atoms with Gasteiger partial charge in [0.1, 0.15) is 0 Å². The Labute approximate surface area is 74.0 Å². The predicted molar refractivity (Wildman–Crippen MR) is 50.1 cm³/mol. The molecule has 1 unspecified atom stereocenters. The van der Waals surface area contributed by atoms with Crippen LogP contribution in [0.15, 0.2) is 12.2 Å². The minimum atomic E-state index is 0.641. The summed E-state index contributed by atoms with van der Waals surface area (Å²) in [4.78, 5) is 2.49. The normalized spacial score (nSPS) is 26.9. The van der Waals surface area contributed by atoms with Crippen LogP contribution < -0.4 is 0 Å². The zero-order valence-electron chi connectivity index (χ0n) is 7.09. The van der Waals surface area contributed by atoms with Crippen molar-refractivity contribution in [3.8, 4) is 0 Å². The molecule has 11 heavy (non-hydrogen) atoms. The third kappa shape index (κ3) is 2.84. The Hall–Kier alpha value is -0.0100. The molecule has 0 aromatic heterocycles. The molecule has 1 fully saturated rings. The first-order valence-corrected chi connectivity index (χ1v) is 4.83. The average Bonchev–Trinajstić information content (AvgIpc) is 2.37. The fourth-order valence-corrected chi connectivity index (χ4v) is 1.66. The number of hydrogen-bond donors (Lipinski definition) is 0. The second kappa shape index (κ2) is 4.78. The van der Waals surface area contributed by atoms with Crippen molar-refractivity contribution >= 4 is 11.6 Å². The first-order valence-electron chi connectivity index (χ1n) is 4.29. The molecule has 1 rings (SSSR count). The molecule has 64 valence electrons. The molecule has 1 aliphatic heterocycles. The van der Waals surface area contributed by atoms with Crippen molar-refractivity contribution in [2.75, 3.05) is 19.0 Å². The van der Waals surface area contributed by atoms with Crippen LogP contribution in [0, 0.1) is 0 Å². The molecule has 2 heteroatoms. The zero-order valence-corrected chi connectivity index (χ0v) is 7.85. The van der Waals surface area contributed by atoms with Gasteiger partial charge in [0, 0.05) is 18.5 Å². The largest absolute Gasteiger partial charge is 0.297 e. The summed E-state index contributed by atoms with van der Waals surface area (Å²) in [7, 11) is 0. The van der Waals surface area contributed by atoms with Crippen LogP contribution in [0.4, 0.5) is 0 Å². The summed E-state index contributed by atoms with van der Waals surface area (Å²) in [6, 6.07) is 0.773. The number of alkyl halides is 1. The molecule has 1 atom stereocenters. The highest BCUT2D eigenvalue weighted by molar-refractivity contribution is 6.18. The standard InChI is InChI=1S/C9H16ClN/c1-9-5-4-8-11(9)7-3-2-6-10/h2-3,9H,4-8H2,1H3. The molecule has 1 nitrogen and oxygen atoms in total. The molecule has 0 aliphatic carbocycles. The maximum atomic E-state index is 5.52. The maximum absolute atomic E-state index is 5.52. The van der Waals surface area contributed by atoms with Gasteiger partial charge in [0.2, 0.25) is 0 Å². The lowest BCUT2D eigenvalue weighted by molar-refractivity contribution is 0.298. The Morgan fingerprint density at radius 3 is 2.91 bits per heavy atom. The molecule has 0 N–H and O–H groups in total. The van der Waals surface area contributed by atoms with Gasteiger partial charge in [-0.05, 0) is 26.3 Å². The van der Waals surface area contributed by atoms with E-state index in [1.54, 1.807) is 0 Å². The van der Waals surface area contributed by atoms with Crippen molar-refractivity contribution in [1.29, 1.82) is 0 Å². The van der Waals surface area contributed by atoms with Crippen molar-refractivity contribution in [3.63, 3.8) is 0 Å². The van der Waals surface area contributed by atoms with Gasteiger partial charge in [-0.1, -0.05) is 12.2 Å². The number of allylic oxidation sites excluding steroid dienone is 1. The van der Waals surface area contributed by atoms with E-state index in [-0.39, 0.29) is 0 Å². The topological polar surface area (TPSA) is 3.24 Å². The molecule has 0 aromatic rings. The van der Waals surface area contributed by atoms with Gasteiger partial charge in [-0.3, -0.25) is 4.90 Å². The van der Waals surface area contributed by atoms with Crippen molar-refractivity contribution in [3.05, 3.63) is 12.2 Å². The first kappa shape index (κ1) is 9.08. The van der Waals surface area contributed by atoms with E-state index in [9.17, 15) is 0 Å². The number of rotatable bonds is 3. The number of halogens is 1. The molecule has 1 saturated heterocycles. The molecule has 0 aromatic carbocycles. The van der Waals surface area contributed by atoms with E-state index < -0.39 is 0 Å². The number of nitrogens with zero attached hydrogens (tertiary/aromatic N) is 1. The van der Waals surface area contributed by atoms with E-state index in [0.29, 0.717) is 5.88 Å². The fourth-order valence-electron chi connectivity index (χ4n) is 1.54. The number of likely N-dealkylation sites (tertiary alicyclic amines) is 1. The first-order chi connectivity index (χ1) is 5.34. The summed E-state index contributed by atoms with van der Waals surface area (Å²) in [5.41, 5.74) is 0. The number of hydrogen-bond acceptors (Lipinski definition) is 1. The van der Waals surface area contributed by atoms with Gasteiger partial charge in [0.25, 0.3) is 0 Å². The molecular weight excluding hydrogens is 158 g/mol. The third-order valence-corrected chi connectivity index (χ3v) is 2.46. The highest BCUT2D eigenvalue weighted by atomic mass is 35.5. The summed E-state index contributed by atoms with van der Waals surface area (Å²) >= 11 is 5.52. The van der Waals surface area contributed by atoms with Gasteiger partial charge in [0.05, 0.1) is 0 Å². The van der Waals surface area contributed by atoms with Gasteiger partial charge in [-0.2, -0.15) is 0 Å². The lowest BCUT2D eigenvalue weighted by Crippen LogP contribution is -2.26. The highest BCUT2D eigenvalue weighted by Gasteiger charge is 2.17. The molecule has 0 spiro atoms. The Bertz CT molecular complexity index is 134. The van der Waals surface area contributed by atoms with Crippen LogP contribution in [0.2, 0.25) is 0 Å². The predicted octanol–water partition coefficient (Wildman–Crippen LogP) is 2.27. The third-order valence-electron chi connectivity index (χ3n) is 2.29. The van der Waals surface area contributed by atoms with Crippen molar-refractivity contribution in [1.82, 2.24) is 4.90 Å². The second-order valence-electron chi connectivity index (χ2n) is 3.11. The SMILES string of the molecule is CC1CCCN1CC=CCCl. The maximum Gasteiger partial charge on any atom is 0.0404 e. The molecule has 0 radical (unpaired) electrons. The van der Waals surface area contributed by atoms with E-state index in [1.807, 2.05) is 6.08 Å². The highest BCUT2D eigenvalue weighted by Crippen LogP contribution is 2.15. The quantitative estimate of drug-likeness (QED) is 0.468. The van der Waals surface area contributed by atoms with Gasteiger partial charge in [-0.25, -0.2) is 0 Å². The van der Waals surface area contributed by atoms with E-state index in [1.165, 1.54) is 19.4 Å². The molecule has 1 heterocycles. The van der Waals surface area contributed by atoms with E-state index >= 15 is 0 Å². The van der Waals surface area contributed by atoms with Gasteiger partial charge in [0.15, 0.2) is 0 Å². The van der Waals surface area contributed by atoms with Crippen LogP contribution in [0.25, 0.3) is 0 Å². The molecule has 0 amide bonds. The van der Waals surface area contributed by atoms with E-state index in [4.69, 9.17) is 11.6 Å². The van der Waals surface area contributed by atoms with Crippen molar-refractivity contribution < 1.29 is 0 Å². The second-order valence-corrected chi connectivity index (χ2v) is 3.42. The van der Waals surface area contributed by atoms with E-state index in [2.05, 4.69) is 17.9 Å². The van der Waals surface area contributed by atoms with Gasteiger partial charge < -0.3 is 0 Å². The van der Waals surface area contributed by atoms with Crippen LogP contribution in [0.1, 0.15) is 19.8 Å². The van der Waals surface area contributed by atoms with Crippen molar-refractivity contribution in [2.24, 2.45) is 0 Å². The summed E-state index contributed by atoms with van der Waals surface area (Å²) in [6.45, 7) is 4.63. The summed E-state index contributed by atoms with van der Waals surface area (Å²) in [5.74, 6) is 0.641. The summed E-state index contributed by atoms with van der Waals surface area (Å²) < 4.78 is 0. The van der Waals surface area contributed by atoms with Crippen LogP contribution in [0.3, 0.4) is 0 Å². The van der Waals surface area contributed by atoms with Gasteiger partial charge >= 0.3 is 0 Å². The smallest absolute Gasteiger partial charge is 0.0404 e. The molecule has 0 bridgehead atoms. The minimum absolute atomic E-state index is 0.641. The van der Waals surface area contributed by atoms with Crippen LogP contribution in [-0.2, 0) is 0 Å². The molecule has 1 aliphatic rings. The lowest BCUT2D eigenvalue weighted by Gasteiger charge is -2.18. The molecule has 0 saturated carbocycles. The summed E-state index contributed by atoms with van der Waals surface area (Å²) in [5, 5.41) is 0. The van der Waals surface area contributed by atoms with Crippen LogP contribution in [-0.4, -0.2) is 29.9 Å². The zero-order chi connectivity index (χ0) is 8.10. The van der Waals surface area contributed by atoms with Crippen molar-refractivity contribution in [2.45, 2.75) is 25.8 Å². The fraction of sp³-hybridized carbons (Fsp3) is 0.778. The lowest BCUT2D eigenvalue weighted by atomic mass is 10.2.